The predicted octanol–water partition coefficient (Wildman–Crippen LogP) is 2.59. The average molecular weight is 571 g/mol. The molecule has 2 atom stereocenters. The predicted molar refractivity (Wildman–Crippen MR) is 153 cm³/mol. The first kappa shape index (κ1) is 31.3. The Morgan fingerprint density at radius 3 is 2.39 bits per heavy atom. The van der Waals surface area contributed by atoms with Crippen LogP contribution in [0.2, 0.25) is 0 Å². The maximum atomic E-state index is 11.1. The summed E-state index contributed by atoms with van der Waals surface area (Å²) in [6.45, 7) is 7.03. The van der Waals surface area contributed by atoms with Crippen molar-refractivity contribution in [3.8, 4) is 5.95 Å². The molecular weight excluding hydrogens is 532 g/mol. The second kappa shape index (κ2) is 16.1. The molecule has 0 spiro atoms. The average Bonchev–Trinajstić information content (AvgIpc) is 3.36. The molecule has 16 nitrogen and oxygen atoms in total. The number of nitrogens with one attached hydrogen (secondary N) is 3. The van der Waals surface area contributed by atoms with Crippen LogP contribution in [0.25, 0.3) is 5.95 Å². The molecule has 3 aromatic heterocycles. The fourth-order valence-corrected chi connectivity index (χ4v) is 3.61. The number of hydrogen-bond donors (Lipinski definition) is 4. The number of carbonyl (C=O) groups is 1. The minimum atomic E-state index is -0.338. The standard InChI is InChI=1S/C25H38N12O4/c1-16(14-39-4)30-23-20(34-35-21-19(12-26)13-37(36-21)25-28-8-6-9-29-25)22(27-10-7-11-41-18(3)38)32-24(33-23)31-17(2)15-40-5/h6,8-9,13,16-17H,7,10-12,14-15,26H2,1-5H3,(H3,27,30,31,32,33). The van der Waals surface area contributed by atoms with Gasteiger partial charge in [-0.15, -0.1) is 15.3 Å². The molecule has 0 bridgehead atoms. The zero-order valence-corrected chi connectivity index (χ0v) is 24.0. The number of aromatic nitrogens is 6. The highest BCUT2D eigenvalue weighted by atomic mass is 16.5. The molecule has 5 N–H and O–H groups in total. The maximum Gasteiger partial charge on any atom is 0.302 e. The lowest BCUT2D eigenvalue weighted by atomic mass is 10.3. The smallest absolute Gasteiger partial charge is 0.302 e. The first-order valence-electron chi connectivity index (χ1n) is 13.1. The minimum absolute atomic E-state index is 0.0650. The van der Waals surface area contributed by atoms with E-state index in [4.69, 9.17) is 19.9 Å². The van der Waals surface area contributed by atoms with Crippen LogP contribution in [-0.2, 0) is 25.5 Å². The van der Waals surface area contributed by atoms with Crippen LogP contribution in [0.3, 0.4) is 0 Å². The monoisotopic (exact) mass is 570 g/mol. The number of azo groups is 1. The summed E-state index contributed by atoms with van der Waals surface area (Å²) in [5.74, 6) is 1.52. The van der Waals surface area contributed by atoms with Crippen molar-refractivity contribution in [2.24, 2.45) is 16.0 Å². The molecule has 3 heterocycles. The third kappa shape index (κ3) is 9.70. The van der Waals surface area contributed by atoms with Crippen molar-refractivity contribution >= 4 is 35.1 Å². The van der Waals surface area contributed by atoms with Crippen molar-refractivity contribution in [2.45, 2.75) is 45.8 Å². The molecule has 0 radical (unpaired) electrons. The molecule has 3 rings (SSSR count). The van der Waals surface area contributed by atoms with Gasteiger partial charge in [-0.2, -0.15) is 9.97 Å². The summed E-state index contributed by atoms with van der Waals surface area (Å²) in [5, 5.41) is 23.2. The summed E-state index contributed by atoms with van der Waals surface area (Å²) in [7, 11) is 3.24. The Hall–Kier alpha value is -4.28. The van der Waals surface area contributed by atoms with E-state index in [-0.39, 0.29) is 31.2 Å². The highest BCUT2D eigenvalue weighted by molar-refractivity contribution is 5.75. The lowest BCUT2D eigenvalue weighted by molar-refractivity contribution is -0.140. The topological polar surface area (TPSA) is 201 Å². The number of hydrogen-bond acceptors (Lipinski definition) is 15. The second-order valence-corrected chi connectivity index (χ2v) is 9.09. The van der Waals surface area contributed by atoms with Crippen molar-refractivity contribution in [3.63, 3.8) is 0 Å². The first-order valence-corrected chi connectivity index (χ1v) is 13.1. The van der Waals surface area contributed by atoms with Gasteiger partial charge in [0, 0.05) is 70.5 Å². The molecule has 0 aliphatic carbocycles. The fraction of sp³-hybridized carbons (Fsp3) is 0.520. The van der Waals surface area contributed by atoms with Gasteiger partial charge in [0.05, 0.1) is 19.8 Å². The van der Waals surface area contributed by atoms with E-state index < -0.39 is 0 Å². The van der Waals surface area contributed by atoms with E-state index in [1.165, 1.54) is 11.6 Å². The summed E-state index contributed by atoms with van der Waals surface area (Å²) >= 11 is 0. The molecular formula is C25H38N12O4. The van der Waals surface area contributed by atoms with Crippen molar-refractivity contribution < 1.29 is 19.0 Å². The molecule has 0 aliphatic heterocycles. The zero-order chi connectivity index (χ0) is 29.6. The van der Waals surface area contributed by atoms with E-state index in [1.54, 1.807) is 38.9 Å². The molecule has 16 heteroatoms. The van der Waals surface area contributed by atoms with Crippen LogP contribution >= 0.6 is 0 Å². The van der Waals surface area contributed by atoms with Gasteiger partial charge in [0.2, 0.25) is 11.8 Å². The number of esters is 1. The highest BCUT2D eigenvalue weighted by Gasteiger charge is 2.19. The molecule has 0 saturated carbocycles. The van der Waals surface area contributed by atoms with Crippen molar-refractivity contribution in [2.75, 3.05) is 56.5 Å². The van der Waals surface area contributed by atoms with E-state index in [0.29, 0.717) is 66.8 Å². The largest absolute Gasteiger partial charge is 0.466 e. The molecule has 0 fully saturated rings. The Kier molecular flexibility index (Phi) is 12.3. The van der Waals surface area contributed by atoms with Gasteiger partial charge < -0.3 is 35.9 Å². The highest BCUT2D eigenvalue weighted by Crippen LogP contribution is 2.34. The van der Waals surface area contributed by atoms with Crippen LogP contribution < -0.4 is 21.7 Å². The van der Waals surface area contributed by atoms with Crippen LogP contribution in [0.4, 0.5) is 29.1 Å². The molecule has 222 valence electrons. The van der Waals surface area contributed by atoms with Gasteiger partial charge in [0.1, 0.15) is 0 Å². The van der Waals surface area contributed by atoms with Gasteiger partial charge in [0.25, 0.3) is 5.95 Å². The number of rotatable bonds is 17. The number of ether oxygens (including phenoxy) is 3. The van der Waals surface area contributed by atoms with Crippen LogP contribution in [0.5, 0.6) is 0 Å². The molecule has 0 amide bonds. The van der Waals surface area contributed by atoms with Gasteiger partial charge in [-0.1, -0.05) is 0 Å². The Bertz CT molecular complexity index is 1270. The normalized spacial score (nSPS) is 12.7. The first-order chi connectivity index (χ1) is 19.8. The van der Waals surface area contributed by atoms with Gasteiger partial charge in [-0.05, 0) is 26.3 Å². The van der Waals surface area contributed by atoms with Crippen LogP contribution in [0.15, 0.2) is 34.9 Å². The van der Waals surface area contributed by atoms with Gasteiger partial charge in [-0.25, -0.2) is 14.6 Å². The third-order valence-corrected chi connectivity index (χ3v) is 5.38. The number of nitrogens with zero attached hydrogens (tertiary/aromatic N) is 8. The summed E-state index contributed by atoms with van der Waals surface area (Å²) in [4.78, 5) is 28.9. The molecule has 0 aliphatic rings. The number of carbonyl (C=O) groups excluding carboxylic acids is 1. The van der Waals surface area contributed by atoms with Crippen LogP contribution in [0.1, 0.15) is 32.8 Å². The number of methoxy groups -OCH3 is 2. The van der Waals surface area contributed by atoms with E-state index in [1.807, 2.05) is 13.8 Å². The minimum Gasteiger partial charge on any atom is -0.466 e. The lowest BCUT2D eigenvalue weighted by Gasteiger charge is -2.19. The lowest BCUT2D eigenvalue weighted by Crippen LogP contribution is -2.25. The summed E-state index contributed by atoms with van der Waals surface area (Å²) in [5.41, 5.74) is 6.95. The second-order valence-electron chi connectivity index (χ2n) is 9.09. The van der Waals surface area contributed by atoms with E-state index in [2.05, 4.69) is 51.2 Å². The number of anilines is 3. The van der Waals surface area contributed by atoms with Gasteiger partial charge in [-0.3, -0.25) is 4.79 Å². The van der Waals surface area contributed by atoms with Crippen molar-refractivity contribution in [3.05, 3.63) is 30.2 Å². The molecule has 3 aromatic rings. The number of nitrogens with two attached hydrogens (primary N) is 1. The SMILES string of the molecule is COCC(C)Nc1nc(NCCCOC(C)=O)c(N=Nc2nn(-c3ncccn3)cc2CN)c(NC(C)COC)n1. The van der Waals surface area contributed by atoms with Crippen LogP contribution in [0, 0.1) is 0 Å². The van der Waals surface area contributed by atoms with Gasteiger partial charge >= 0.3 is 5.97 Å². The van der Waals surface area contributed by atoms with E-state index >= 15 is 0 Å². The summed E-state index contributed by atoms with van der Waals surface area (Å²) < 4.78 is 17.1. The van der Waals surface area contributed by atoms with Crippen LogP contribution in [-0.4, -0.2) is 88.4 Å². The van der Waals surface area contributed by atoms with Gasteiger partial charge in [0.15, 0.2) is 17.3 Å². The molecule has 41 heavy (non-hydrogen) atoms. The molecule has 0 aromatic carbocycles. The zero-order valence-electron chi connectivity index (χ0n) is 24.0. The summed E-state index contributed by atoms with van der Waals surface area (Å²) in [6, 6.07) is 1.54. The van der Waals surface area contributed by atoms with E-state index in [0.717, 1.165) is 0 Å². The van der Waals surface area contributed by atoms with Crippen molar-refractivity contribution in [1.29, 1.82) is 0 Å². The molecule has 2 unspecified atom stereocenters. The Morgan fingerprint density at radius 2 is 1.73 bits per heavy atom. The van der Waals surface area contributed by atoms with Crippen molar-refractivity contribution in [1.82, 2.24) is 29.7 Å². The Balaban J connectivity index is 2.01. The summed E-state index contributed by atoms with van der Waals surface area (Å²) in [6.07, 6.45) is 5.49. The fourth-order valence-electron chi connectivity index (χ4n) is 3.61. The van der Waals surface area contributed by atoms with E-state index in [9.17, 15) is 4.79 Å². The molecule has 0 saturated heterocycles. The Labute approximate surface area is 238 Å². The third-order valence-electron chi connectivity index (χ3n) is 5.38. The Morgan fingerprint density at radius 1 is 1.05 bits per heavy atom. The quantitative estimate of drug-likeness (QED) is 0.105. The maximum absolute atomic E-state index is 11.1.